The number of carbonyl (C=O) groups is 2. The van der Waals surface area contributed by atoms with E-state index in [9.17, 15) is 9.59 Å². The molecule has 10 heteroatoms. The van der Waals surface area contributed by atoms with E-state index in [1.165, 1.54) is 0 Å². The molecule has 1 saturated heterocycles. The molecule has 2 aromatic rings. The van der Waals surface area contributed by atoms with Crippen LogP contribution in [0.5, 0.6) is 0 Å². The van der Waals surface area contributed by atoms with Crippen molar-refractivity contribution in [1.29, 1.82) is 0 Å². The van der Waals surface area contributed by atoms with Gasteiger partial charge in [0.2, 0.25) is 0 Å². The quantitative estimate of drug-likeness (QED) is 0.570. The molecule has 0 atom stereocenters. The van der Waals surface area contributed by atoms with E-state index in [-0.39, 0.29) is 17.4 Å². The highest BCUT2D eigenvalue weighted by Gasteiger charge is 2.25. The minimum atomic E-state index is -0.452. The number of rotatable bonds is 6. The zero-order chi connectivity index (χ0) is 17.5. The first-order chi connectivity index (χ1) is 12.2. The number of aromatic amines is 1. The topological polar surface area (TPSA) is 128 Å². The number of likely N-dealkylation sites (tertiary alicyclic amines) is 1. The van der Waals surface area contributed by atoms with Gasteiger partial charge in [0.05, 0.1) is 0 Å². The fraction of sp³-hybridized carbons (Fsp3) is 0.400. The summed E-state index contributed by atoms with van der Waals surface area (Å²) >= 11 is 0. The number of anilines is 2. The van der Waals surface area contributed by atoms with Crippen LogP contribution in [-0.4, -0.2) is 63.4 Å². The van der Waals surface area contributed by atoms with E-state index >= 15 is 0 Å². The molecule has 0 spiro atoms. The van der Waals surface area contributed by atoms with Crippen LogP contribution in [0.25, 0.3) is 0 Å². The van der Waals surface area contributed by atoms with Gasteiger partial charge < -0.3 is 15.5 Å². The van der Waals surface area contributed by atoms with Gasteiger partial charge in [0.25, 0.3) is 5.91 Å². The molecule has 4 N–H and O–H groups in total. The van der Waals surface area contributed by atoms with Crippen molar-refractivity contribution in [3.8, 4) is 0 Å². The summed E-state index contributed by atoms with van der Waals surface area (Å²) in [4.78, 5) is 30.1. The number of nitrogens with one attached hydrogen (secondary N) is 4. The molecule has 10 nitrogen and oxygen atoms in total. The summed E-state index contributed by atoms with van der Waals surface area (Å²) in [5.41, 5.74) is 0.128. The smallest absolute Gasteiger partial charge is 0.320 e. The number of carbonyl (C=O) groups excluding carboxylic acids is 2. The molecule has 1 fully saturated rings. The molecule has 2 aromatic heterocycles. The average molecular weight is 344 g/mol. The normalized spacial score (nSPS) is 13.5. The minimum Gasteiger partial charge on any atom is -0.368 e. The molecule has 3 amide bonds. The Morgan fingerprint density at radius 1 is 1.16 bits per heavy atom. The lowest BCUT2D eigenvalue weighted by atomic mass is 10.3. The van der Waals surface area contributed by atoms with Gasteiger partial charge in [-0.3, -0.25) is 10.1 Å². The van der Waals surface area contributed by atoms with Crippen molar-refractivity contribution in [2.75, 3.05) is 36.8 Å². The van der Waals surface area contributed by atoms with Crippen LogP contribution >= 0.6 is 0 Å². The summed E-state index contributed by atoms with van der Waals surface area (Å²) < 4.78 is 0. The first kappa shape index (κ1) is 16.7. The Morgan fingerprint density at radius 3 is 2.76 bits per heavy atom. The van der Waals surface area contributed by atoms with Crippen LogP contribution in [0.4, 0.5) is 16.4 Å². The maximum Gasteiger partial charge on any atom is 0.320 e. The molecule has 3 rings (SSSR count). The number of H-pyrrole nitrogens is 1. The highest BCUT2D eigenvalue weighted by Crippen LogP contribution is 2.15. The molecule has 0 aliphatic carbocycles. The van der Waals surface area contributed by atoms with Crippen LogP contribution in [0.15, 0.2) is 24.4 Å². The van der Waals surface area contributed by atoms with Gasteiger partial charge in [0.1, 0.15) is 5.82 Å². The molecule has 0 aromatic carbocycles. The third-order valence-electron chi connectivity index (χ3n) is 3.76. The second-order valence-corrected chi connectivity index (χ2v) is 5.54. The van der Waals surface area contributed by atoms with Gasteiger partial charge in [-0.1, -0.05) is 6.07 Å². The standard InChI is InChI=1S/C15H20N8O2/c24-14(23-9-3-4-10-23)12-13(21-22-20-12)19-15(25)18-8-7-17-11-5-1-2-6-16-11/h1-2,5-6H,3-4,7-10H2,(H,16,17)(H3,18,19,20,21,22,25). The first-order valence-electron chi connectivity index (χ1n) is 8.14. The zero-order valence-electron chi connectivity index (χ0n) is 13.7. The van der Waals surface area contributed by atoms with Crippen LogP contribution < -0.4 is 16.0 Å². The van der Waals surface area contributed by atoms with Crippen molar-refractivity contribution in [2.24, 2.45) is 0 Å². The Labute approximate surface area is 144 Å². The summed E-state index contributed by atoms with van der Waals surface area (Å²) in [7, 11) is 0. The molecule has 25 heavy (non-hydrogen) atoms. The van der Waals surface area contributed by atoms with Crippen LogP contribution in [0, 0.1) is 0 Å². The number of aromatic nitrogens is 4. The third-order valence-corrected chi connectivity index (χ3v) is 3.76. The van der Waals surface area contributed by atoms with E-state index in [4.69, 9.17) is 0 Å². The van der Waals surface area contributed by atoms with Crippen LogP contribution in [0.2, 0.25) is 0 Å². The van der Waals surface area contributed by atoms with E-state index in [2.05, 4.69) is 36.3 Å². The lowest BCUT2D eigenvalue weighted by Gasteiger charge is -2.14. The highest BCUT2D eigenvalue weighted by atomic mass is 16.2. The predicted molar refractivity (Wildman–Crippen MR) is 91.3 cm³/mol. The van der Waals surface area contributed by atoms with Crippen molar-refractivity contribution < 1.29 is 9.59 Å². The second-order valence-electron chi connectivity index (χ2n) is 5.54. The Bertz CT molecular complexity index is 711. The summed E-state index contributed by atoms with van der Waals surface area (Å²) in [6.45, 7) is 2.31. The van der Waals surface area contributed by atoms with Gasteiger partial charge in [-0.25, -0.2) is 9.78 Å². The predicted octanol–water partition coefficient (Wildman–Crippen LogP) is 0.669. The Balaban J connectivity index is 1.45. The van der Waals surface area contributed by atoms with Gasteiger partial charge in [0.15, 0.2) is 11.5 Å². The molecule has 3 heterocycles. The Morgan fingerprint density at radius 2 is 2.00 bits per heavy atom. The van der Waals surface area contributed by atoms with E-state index in [1.54, 1.807) is 11.1 Å². The van der Waals surface area contributed by atoms with Crippen molar-refractivity contribution in [3.05, 3.63) is 30.1 Å². The Hall–Kier alpha value is -3.17. The lowest BCUT2D eigenvalue weighted by Crippen LogP contribution is -2.34. The third kappa shape index (κ3) is 4.43. The number of nitrogens with zero attached hydrogens (tertiary/aromatic N) is 4. The molecule has 0 saturated carbocycles. The molecule has 132 valence electrons. The molecule has 0 unspecified atom stereocenters. The van der Waals surface area contributed by atoms with Crippen molar-refractivity contribution in [1.82, 2.24) is 30.6 Å². The van der Waals surface area contributed by atoms with E-state index in [0.29, 0.717) is 26.2 Å². The molecule has 1 aliphatic heterocycles. The van der Waals surface area contributed by atoms with Crippen LogP contribution in [-0.2, 0) is 0 Å². The van der Waals surface area contributed by atoms with Gasteiger partial charge in [0, 0.05) is 32.4 Å². The average Bonchev–Trinajstić information content (AvgIpc) is 3.31. The van der Waals surface area contributed by atoms with Gasteiger partial charge in [-0.05, 0) is 25.0 Å². The van der Waals surface area contributed by atoms with Crippen molar-refractivity contribution in [3.63, 3.8) is 0 Å². The van der Waals surface area contributed by atoms with Crippen LogP contribution in [0.1, 0.15) is 23.3 Å². The molecule has 0 bridgehead atoms. The lowest BCUT2D eigenvalue weighted by molar-refractivity contribution is 0.0788. The van der Waals surface area contributed by atoms with Crippen LogP contribution in [0.3, 0.4) is 0 Å². The summed E-state index contributed by atoms with van der Waals surface area (Å²) in [5.74, 6) is 0.644. The van der Waals surface area contributed by atoms with Crippen molar-refractivity contribution in [2.45, 2.75) is 12.8 Å². The molecule has 1 aliphatic rings. The first-order valence-corrected chi connectivity index (χ1v) is 8.14. The maximum absolute atomic E-state index is 12.3. The number of urea groups is 1. The molecular weight excluding hydrogens is 324 g/mol. The number of hydrogen-bond donors (Lipinski definition) is 4. The minimum absolute atomic E-state index is 0.128. The molecular formula is C15H20N8O2. The van der Waals surface area contributed by atoms with Gasteiger partial charge in [-0.2, -0.15) is 5.21 Å². The summed E-state index contributed by atoms with van der Waals surface area (Å²) in [6, 6.07) is 5.09. The fourth-order valence-electron chi connectivity index (χ4n) is 2.52. The SMILES string of the molecule is O=C(NCCNc1ccccn1)Nc1n[nH]nc1C(=O)N1CCCC1. The van der Waals surface area contributed by atoms with E-state index in [1.807, 2.05) is 18.2 Å². The number of amides is 3. The largest absolute Gasteiger partial charge is 0.368 e. The van der Waals surface area contributed by atoms with E-state index < -0.39 is 6.03 Å². The highest BCUT2D eigenvalue weighted by molar-refractivity contribution is 6.00. The molecule has 0 radical (unpaired) electrons. The fourth-order valence-corrected chi connectivity index (χ4v) is 2.52. The summed E-state index contributed by atoms with van der Waals surface area (Å²) in [5, 5.41) is 18.4. The Kier molecular flexibility index (Phi) is 5.39. The van der Waals surface area contributed by atoms with Gasteiger partial charge in [-0.15, -0.1) is 10.2 Å². The monoisotopic (exact) mass is 344 g/mol. The second kappa shape index (κ2) is 8.08. The maximum atomic E-state index is 12.3. The zero-order valence-corrected chi connectivity index (χ0v) is 13.7. The van der Waals surface area contributed by atoms with E-state index in [0.717, 1.165) is 18.7 Å². The van der Waals surface area contributed by atoms with Gasteiger partial charge >= 0.3 is 6.03 Å². The summed E-state index contributed by atoms with van der Waals surface area (Å²) in [6.07, 6.45) is 3.65. The number of hydrogen-bond acceptors (Lipinski definition) is 6. The number of pyridine rings is 1. The van der Waals surface area contributed by atoms with Crippen molar-refractivity contribution >= 4 is 23.6 Å².